The lowest BCUT2D eigenvalue weighted by molar-refractivity contribution is 0.126. The van der Waals surface area contributed by atoms with Crippen LogP contribution in [0.25, 0.3) is 0 Å². The van der Waals surface area contributed by atoms with Gasteiger partial charge in [-0.3, -0.25) is 4.90 Å². The molecule has 0 saturated carbocycles. The second-order valence-electron chi connectivity index (χ2n) is 3.91. The Morgan fingerprint density at radius 1 is 1.40 bits per heavy atom. The monoisotopic (exact) mass is 209 g/mol. The Morgan fingerprint density at radius 3 is 2.80 bits per heavy atom. The molecule has 0 fully saturated rings. The van der Waals surface area contributed by atoms with Crippen molar-refractivity contribution in [2.45, 2.75) is 26.1 Å². The average Bonchev–Trinajstić information content (AvgIpc) is 2.45. The lowest BCUT2D eigenvalue weighted by Crippen LogP contribution is -2.26. The highest BCUT2D eigenvalue weighted by molar-refractivity contribution is 5.47. The van der Waals surface area contributed by atoms with Crippen molar-refractivity contribution in [2.75, 3.05) is 18.0 Å². The van der Waals surface area contributed by atoms with Gasteiger partial charge >= 0.3 is 0 Å². The van der Waals surface area contributed by atoms with Gasteiger partial charge in [-0.25, -0.2) is 4.98 Å². The summed E-state index contributed by atoms with van der Waals surface area (Å²) in [6.45, 7) is 3.73. The Labute approximate surface area is 87.9 Å². The van der Waals surface area contributed by atoms with Crippen LogP contribution in [-0.2, 0) is 13.1 Å². The molecule has 82 valence electrons. The van der Waals surface area contributed by atoms with Crippen molar-refractivity contribution in [1.29, 1.82) is 0 Å². The first-order valence-corrected chi connectivity index (χ1v) is 4.87. The second-order valence-corrected chi connectivity index (χ2v) is 3.91. The molecule has 0 bridgehead atoms. The van der Waals surface area contributed by atoms with Crippen molar-refractivity contribution < 1.29 is 5.11 Å². The smallest absolute Gasteiger partial charge is 0.222 e. The summed E-state index contributed by atoms with van der Waals surface area (Å²) < 4.78 is 0. The number of rotatable bonds is 2. The topological polar surface area (TPSA) is 101 Å². The second kappa shape index (κ2) is 3.63. The molecule has 0 spiro atoms. The molecule has 1 aromatic heterocycles. The van der Waals surface area contributed by atoms with Crippen LogP contribution in [0.1, 0.15) is 18.2 Å². The fraction of sp³-hybridized carbons (Fsp3) is 0.556. The summed E-state index contributed by atoms with van der Waals surface area (Å²) in [4.78, 5) is 10.1. The van der Waals surface area contributed by atoms with Gasteiger partial charge in [0.1, 0.15) is 5.82 Å². The molecule has 1 aliphatic heterocycles. The first-order valence-electron chi connectivity index (χ1n) is 4.87. The summed E-state index contributed by atoms with van der Waals surface area (Å²) in [7, 11) is 0. The highest BCUT2D eigenvalue weighted by Crippen LogP contribution is 2.25. The number of aromatic nitrogens is 2. The van der Waals surface area contributed by atoms with Gasteiger partial charge in [0.05, 0.1) is 11.8 Å². The molecule has 0 saturated heterocycles. The van der Waals surface area contributed by atoms with Gasteiger partial charge in [-0.1, -0.05) is 0 Å². The predicted octanol–water partition coefficient (Wildman–Crippen LogP) is -0.663. The number of nitrogen functional groups attached to an aromatic ring is 2. The summed E-state index contributed by atoms with van der Waals surface area (Å²) in [6, 6.07) is 0. The van der Waals surface area contributed by atoms with Gasteiger partial charge in [-0.15, -0.1) is 0 Å². The standard InChI is InChI=1S/C9H15N5O/c1-5(15)2-14-3-6-7(4-14)12-9(11)13-8(6)10/h5,15H,2-4H2,1H3,(H4,10,11,12,13). The van der Waals surface area contributed by atoms with Crippen LogP contribution < -0.4 is 11.5 Å². The molecule has 1 atom stereocenters. The minimum atomic E-state index is -0.356. The number of anilines is 2. The highest BCUT2D eigenvalue weighted by atomic mass is 16.3. The number of nitrogens with two attached hydrogens (primary N) is 2. The zero-order valence-electron chi connectivity index (χ0n) is 8.64. The van der Waals surface area contributed by atoms with E-state index < -0.39 is 0 Å². The van der Waals surface area contributed by atoms with Gasteiger partial charge in [0.15, 0.2) is 0 Å². The molecule has 1 aliphatic rings. The van der Waals surface area contributed by atoms with Crippen LogP contribution in [-0.4, -0.2) is 32.6 Å². The van der Waals surface area contributed by atoms with Crippen LogP contribution in [0.4, 0.5) is 11.8 Å². The van der Waals surface area contributed by atoms with Gasteiger partial charge < -0.3 is 16.6 Å². The highest BCUT2D eigenvalue weighted by Gasteiger charge is 2.24. The fourth-order valence-corrected chi connectivity index (χ4v) is 1.87. The predicted molar refractivity (Wildman–Crippen MR) is 56.7 cm³/mol. The summed E-state index contributed by atoms with van der Waals surface area (Å²) in [5.41, 5.74) is 13.1. The summed E-state index contributed by atoms with van der Waals surface area (Å²) in [6.07, 6.45) is -0.356. The molecule has 6 nitrogen and oxygen atoms in total. The Bertz CT molecular complexity index is 379. The number of β-amino-alcohol motifs (C(OH)–C–C–N with tert-alkyl or cyclic N) is 1. The molecule has 1 aromatic rings. The van der Waals surface area contributed by atoms with E-state index in [0.717, 1.165) is 11.3 Å². The fourth-order valence-electron chi connectivity index (χ4n) is 1.87. The first-order chi connectivity index (χ1) is 7.06. The molecule has 0 amide bonds. The molecule has 0 aliphatic carbocycles. The summed E-state index contributed by atoms with van der Waals surface area (Å²) in [5, 5.41) is 9.28. The molecule has 2 rings (SSSR count). The van der Waals surface area contributed by atoms with E-state index in [2.05, 4.69) is 14.9 Å². The van der Waals surface area contributed by atoms with Crippen LogP contribution in [0.5, 0.6) is 0 Å². The molecule has 0 radical (unpaired) electrons. The normalized spacial score (nSPS) is 17.7. The molecule has 2 heterocycles. The van der Waals surface area contributed by atoms with Gasteiger partial charge in [-0.05, 0) is 6.92 Å². The van der Waals surface area contributed by atoms with Crippen LogP contribution >= 0.6 is 0 Å². The number of fused-ring (bicyclic) bond motifs is 1. The zero-order chi connectivity index (χ0) is 11.0. The van der Waals surface area contributed by atoms with Gasteiger partial charge in [0.2, 0.25) is 5.95 Å². The lowest BCUT2D eigenvalue weighted by atomic mass is 10.2. The number of aliphatic hydroxyl groups excluding tert-OH is 1. The third-order valence-electron chi connectivity index (χ3n) is 2.42. The Morgan fingerprint density at radius 2 is 2.13 bits per heavy atom. The third-order valence-corrected chi connectivity index (χ3v) is 2.42. The SMILES string of the molecule is CC(O)CN1Cc2nc(N)nc(N)c2C1. The summed E-state index contributed by atoms with van der Waals surface area (Å²) >= 11 is 0. The minimum Gasteiger partial charge on any atom is -0.392 e. The Kier molecular flexibility index (Phi) is 2.45. The van der Waals surface area contributed by atoms with Crippen molar-refractivity contribution in [3.63, 3.8) is 0 Å². The average molecular weight is 209 g/mol. The Hall–Kier alpha value is -1.40. The van der Waals surface area contributed by atoms with E-state index in [1.165, 1.54) is 0 Å². The van der Waals surface area contributed by atoms with Crippen molar-refractivity contribution in [2.24, 2.45) is 0 Å². The van der Waals surface area contributed by atoms with Crippen molar-refractivity contribution in [3.05, 3.63) is 11.3 Å². The van der Waals surface area contributed by atoms with Crippen LogP contribution in [0.2, 0.25) is 0 Å². The maximum atomic E-state index is 9.28. The zero-order valence-corrected chi connectivity index (χ0v) is 8.64. The number of nitrogens with zero attached hydrogens (tertiary/aromatic N) is 3. The van der Waals surface area contributed by atoms with E-state index >= 15 is 0 Å². The molecule has 5 N–H and O–H groups in total. The van der Waals surface area contributed by atoms with Crippen molar-refractivity contribution >= 4 is 11.8 Å². The van der Waals surface area contributed by atoms with E-state index in [9.17, 15) is 5.11 Å². The van der Waals surface area contributed by atoms with Crippen LogP contribution in [0.3, 0.4) is 0 Å². The van der Waals surface area contributed by atoms with E-state index in [4.69, 9.17) is 11.5 Å². The number of hydrogen-bond acceptors (Lipinski definition) is 6. The van der Waals surface area contributed by atoms with E-state index in [-0.39, 0.29) is 12.1 Å². The van der Waals surface area contributed by atoms with Gasteiger partial charge in [0, 0.05) is 25.2 Å². The number of aliphatic hydroxyl groups is 1. The molecular weight excluding hydrogens is 194 g/mol. The molecule has 1 unspecified atom stereocenters. The summed E-state index contributed by atoms with van der Waals surface area (Å²) in [5.74, 6) is 0.663. The van der Waals surface area contributed by atoms with E-state index in [1.54, 1.807) is 6.92 Å². The lowest BCUT2D eigenvalue weighted by Gasteiger charge is -2.15. The van der Waals surface area contributed by atoms with Crippen LogP contribution in [0.15, 0.2) is 0 Å². The molecule has 15 heavy (non-hydrogen) atoms. The molecule has 0 aromatic carbocycles. The van der Waals surface area contributed by atoms with Crippen molar-refractivity contribution in [3.8, 4) is 0 Å². The van der Waals surface area contributed by atoms with E-state index in [0.29, 0.717) is 25.5 Å². The van der Waals surface area contributed by atoms with Gasteiger partial charge in [-0.2, -0.15) is 4.98 Å². The molecule has 6 heteroatoms. The molecular formula is C9H15N5O. The largest absolute Gasteiger partial charge is 0.392 e. The first kappa shape index (κ1) is 10.1. The number of hydrogen-bond donors (Lipinski definition) is 3. The maximum Gasteiger partial charge on any atom is 0.222 e. The van der Waals surface area contributed by atoms with E-state index in [1.807, 2.05) is 0 Å². The Balaban J connectivity index is 2.20. The van der Waals surface area contributed by atoms with Crippen molar-refractivity contribution in [1.82, 2.24) is 14.9 Å². The minimum absolute atomic E-state index is 0.213. The van der Waals surface area contributed by atoms with Gasteiger partial charge in [0.25, 0.3) is 0 Å². The quantitative estimate of drug-likeness (QED) is 0.597. The third kappa shape index (κ3) is 2.00. The maximum absolute atomic E-state index is 9.28. The van der Waals surface area contributed by atoms with Crippen LogP contribution in [0, 0.1) is 0 Å².